The minimum Gasteiger partial charge on any atom is -0.508 e. The second kappa shape index (κ2) is 4.96. The van der Waals surface area contributed by atoms with Gasteiger partial charge >= 0.3 is 0 Å². The molecule has 1 N–H and O–H groups in total. The maximum absolute atomic E-state index is 11.1. The number of rotatable bonds is 3. The first-order chi connectivity index (χ1) is 9.40. The largest absolute Gasteiger partial charge is 0.508 e. The number of hydrogen-bond acceptors (Lipinski definition) is 5. The summed E-state index contributed by atoms with van der Waals surface area (Å²) >= 11 is 0. The minimum atomic E-state index is -0.666. The van der Waals surface area contributed by atoms with Crippen LogP contribution in [0.25, 0.3) is 11.1 Å². The van der Waals surface area contributed by atoms with Crippen molar-refractivity contribution in [3.05, 3.63) is 62.2 Å². The Balaban J connectivity index is 2.71. The van der Waals surface area contributed by atoms with E-state index in [1.165, 1.54) is 30.3 Å². The van der Waals surface area contributed by atoms with E-state index in [0.717, 1.165) is 6.07 Å². The first kappa shape index (κ1) is 13.5. The molecule has 20 heavy (non-hydrogen) atoms. The molecule has 7 heteroatoms. The second-order valence-electron chi connectivity index (χ2n) is 4.22. The van der Waals surface area contributed by atoms with Gasteiger partial charge in [0.05, 0.1) is 21.5 Å². The quantitative estimate of drug-likeness (QED) is 0.683. The van der Waals surface area contributed by atoms with Crippen LogP contribution in [0.1, 0.15) is 5.56 Å². The van der Waals surface area contributed by atoms with Crippen molar-refractivity contribution in [1.82, 2.24) is 0 Å². The van der Waals surface area contributed by atoms with Crippen molar-refractivity contribution in [3.8, 4) is 16.9 Å². The smallest absolute Gasteiger partial charge is 0.284 e. The molecule has 0 aliphatic heterocycles. The fourth-order valence-corrected chi connectivity index (χ4v) is 2.00. The highest BCUT2D eigenvalue weighted by Crippen LogP contribution is 2.36. The van der Waals surface area contributed by atoms with Gasteiger partial charge in [0.2, 0.25) is 0 Å². The van der Waals surface area contributed by atoms with Crippen LogP contribution in [0.5, 0.6) is 5.75 Å². The maximum Gasteiger partial charge on any atom is 0.284 e. The third-order valence-corrected chi connectivity index (χ3v) is 2.86. The van der Waals surface area contributed by atoms with Crippen LogP contribution in [0.15, 0.2) is 36.4 Å². The third kappa shape index (κ3) is 2.41. The summed E-state index contributed by atoms with van der Waals surface area (Å²) in [4.78, 5) is 20.6. The first-order valence-corrected chi connectivity index (χ1v) is 5.63. The Bertz CT molecular complexity index is 695. The number of nitro benzene ring substituents is 2. The standard InChI is InChI=1S/C13H10N2O5/c1-8-6-10(14(17)18)7-12(15(19)20)13(8)9-2-4-11(16)5-3-9/h2-7,16H,1H3. The summed E-state index contributed by atoms with van der Waals surface area (Å²) in [5.74, 6) is 0.0379. The number of aryl methyl sites for hydroxylation is 1. The van der Waals surface area contributed by atoms with Crippen molar-refractivity contribution in [1.29, 1.82) is 0 Å². The van der Waals surface area contributed by atoms with Crippen LogP contribution in [0, 0.1) is 27.2 Å². The van der Waals surface area contributed by atoms with E-state index in [1.807, 2.05) is 0 Å². The molecule has 0 saturated heterocycles. The van der Waals surface area contributed by atoms with Crippen molar-refractivity contribution in [3.63, 3.8) is 0 Å². The number of nitro groups is 2. The predicted molar refractivity (Wildman–Crippen MR) is 71.6 cm³/mol. The lowest BCUT2D eigenvalue weighted by molar-refractivity contribution is -0.393. The van der Waals surface area contributed by atoms with Gasteiger partial charge in [0.25, 0.3) is 11.4 Å². The van der Waals surface area contributed by atoms with Crippen molar-refractivity contribution in [2.75, 3.05) is 0 Å². The zero-order valence-corrected chi connectivity index (χ0v) is 10.4. The van der Waals surface area contributed by atoms with Crippen molar-refractivity contribution in [2.45, 2.75) is 6.92 Å². The number of phenols is 1. The molecule has 0 saturated carbocycles. The molecule has 0 aliphatic rings. The lowest BCUT2D eigenvalue weighted by atomic mass is 9.98. The van der Waals surface area contributed by atoms with E-state index in [0.29, 0.717) is 16.7 Å². The van der Waals surface area contributed by atoms with Gasteiger partial charge in [-0.15, -0.1) is 0 Å². The lowest BCUT2D eigenvalue weighted by Gasteiger charge is -2.07. The highest BCUT2D eigenvalue weighted by molar-refractivity contribution is 5.79. The molecular formula is C13H10N2O5. The van der Waals surface area contributed by atoms with Gasteiger partial charge in [0.1, 0.15) is 5.75 Å². The summed E-state index contributed by atoms with van der Waals surface area (Å²) in [6, 6.07) is 8.08. The third-order valence-electron chi connectivity index (χ3n) is 2.86. The monoisotopic (exact) mass is 274 g/mol. The summed E-state index contributed by atoms with van der Waals surface area (Å²) in [5.41, 5.74) is 0.596. The molecule has 0 aromatic heterocycles. The highest BCUT2D eigenvalue weighted by atomic mass is 16.6. The van der Waals surface area contributed by atoms with Crippen LogP contribution in [-0.4, -0.2) is 15.0 Å². The highest BCUT2D eigenvalue weighted by Gasteiger charge is 2.23. The predicted octanol–water partition coefficient (Wildman–Crippen LogP) is 3.18. The average molecular weight is 274 g/mol. The lowest BCUT2D eigenvalue weighted by Crippen LogP contribution is -1.98. The fraction of sp³-hybridized carbons (Fsp3) is 0.0769. The summed E-state index contributed by atoms with van der Waals surface area (Å²) in [6.45, 7) is 1.57. The second-order valence-corrected chi connectivity index (χ2v) is 4.22. The zero-order valence-electron chi connectivity index (χ0n) is 10.4. The van der Waals surface area contributed by atoms with Crippen LogP contribution in [0.4, 0.5) is 11.4 Å². The Hall–Kier alpha value is -2.96. The summed E-state index contributed by atoms with van der Waals surface area (Å²) < 4.78 is 0. The van der Waals surface area contributed by atoms with Gasteiger partial charge in [-0.05, 0) is 30.2 Å². The molecular weight excluding hydrogens is 264 g/mol. The molecule has 0 aliphatic carbocycles. The van der Waals surface area contributed by atoms with Crippen LogP contribution in [0.2, 0.25) is 0 Å². The van der Waals surface area contributed by atoms with E-state index >= 15 is 0 Å². The van der Waals surface area contributed by atoms with Gasteiger partial charge < -0.3 is 5.11 Å². The Kier molecular flexibility index (Phi) is 3.34. The maximum atomic E-state index is 11.1. The number of benzene rings is 2. The fourth-order valence-electron chi connectivity index (χ4n) is 2.00. The molecule has 2 rings (SSSR count). The van der Waals surface area contributed by atoms with E-state index in [2.05, 4.69) is 0 Å². The van der Waals surface area contributed by atoms with Crippen LogP contribution in [0.3, 0.4) is 0 Å². The topological polar surface area (TPSA) is 107 Å². The summed E-state index contributed by atoms with van der Waals surface area (Å²) in [5, 5.41) is 31.1. The molecule has 0 bridgehead atoms. The van der Waals surface area contributed by atoms with Crippen molar-refractivity contribution < 1.29 is 15.0 Å². The minimum absolute atomic E-state index is 0.0379. The van der Waals surface area contributed by atoms with Gasteiger partial charge in [-0.2, -0.15) is 0 Å². The molecule has 0 radical (unpaired) electrons. The molecule has 0 amide bonds. The van der Waals surface area contributed by atoms with Crippen molar-refractivity contribution >= 4 is 11.4 Å². The van der Waals surface area contributed by atoms with Crippen LogP contribution < -0.4 is 0 Å². The Labute approximate surface area is 113 Å². The van der Waals surface area contributed by atoms with Gasteiger partial charge in [0, 0.05) is 6.07 Å². The summed E-state index contributed by atoms with van der Waals surface area (Å²) in [6.07, 6.45) is 0. The molecule has 7 nitrogen and oxygen atoms in total. The number of non-ortho nitro benzene ring substituents is 1. The van der Waals surface area contributed by atoms with E-state index in [9.17, 15) is 25.3 Å². The number of hydrogen-bond donors (Lipinski definition) is 1. The van der Waals surface area contributed by atoms with E-state index < -0.39 is 9.85 Å². The average Bonchev–Trinajstić information content (AvgIpc) is 2.39. The number of phenolic OH excluding ortho intramolecular Hbond substituents is 1. The molecule has 0 atom stereocenters. The molecule has 2 aromatic carbocycles. The van der Waals surface area contributed by atoms with Crippen molar-refractivity contribution in [2.24, 2.45) is 0 Å². The Morgan fingerprint density at radius 1 is 1.00 bits per heavy atom. The van der Waals surface area contributed by atoms with Gasteiger partial charge in [-0.25, -0.2) is 0 Å². The van der Waals surface area contributed by atoms with Gasteiger partial charge in [-0.3, -0.25) is 20.2 Å². The zero-order chi connectivity index (χ0) is 14.9. The first-order valence-electron chi connectivity index (χ1n) is 5.63. The Morgan fingerprint density at radius 3 is 2.10 bits per heavy atom. The normalized spacial score (nSPS) is 10.2. The van der Waals surface area contributed by atoms with Gasteiger partial charge in [-0.1, -0.05) is 12.1 Å². The number of aromatic hydroxyl groups is 1. The number of nitrogens with zero attached hydrogens (tertiary/aromatic N) is 2. The molecule has 0 fully saturated rings. The molecule has 102 valence electrons. The molecule has 0 unspecified atom stereocenters. The molecule has 0 spiro atoms. The Morgan fingerprint density at radius 2 is 1.60 bits per heavy atom. The van der Waals surface area contributed by atoms with E-state index in [4.69, 9.17) is 0 Å². The SMILES string of the molecule is Cc1cc([N+](=O)[O-])cc([N+](=O)[O-])c1-c1ccc(O)cc1. The molecule has 2 aromatic rings. The molecule has 0 heterocycles. The van der Waals surface area contributed by atoms with Crippen LogP contribution >= 0.6 is 0 Å². The van der Waals surface area contributed by atoms with Crippen LogP contribution in [-0.2, 0) is 0 Å². The van der Waals surface area contributed by atoms with E-state index in [1.54, 1.807) is 6.92 Å². The van der Waals surface area contributed by atoms with Gasteiger partial charge in [0.15, 0.2) is 0 Å². The summed E-state index contributed by atoms with van der Waals surface area (Å²) in [7, 11) is 0. The van der Waals surface area contributed by atoms with E-state index in [-0.39, 0.29) is 17.1 Å².